The summed E-state index contributed by atoms with van der Waals surface area (Å²) in [6.07, 6.45) is 12.9. The molecule has 6 saturated heterocycles. The molecule has 5 aromatic carbocycles. The maximum Gasteiger partial charge on any atom is 0.494 e. The third kappa shape index (κ3) is 27.3. The van der Waals surface area contributed by atoms with Gasteiger partial charge in [0.1, 0.15) is 49.6 Å². The first-order valence-electron chi connectivity index (χ1n) is 46.1. The van der Waals surface area contributed by atoms with E-state index in [0.717, 1.165) is 120 Å². The predicted molar refractivity (Wildman–Crippen MR) is 527 cm³/mol. The molecule has 0 spiro atoms. The minimum absolute atomic E-state index is 0.00673. The number of nitrogens with zero attached hydrogens (tertiary/aromatic N) is 9. The monoisotopic (exact) mass is 1970 g/mol. The Morgan fingerprint density at radius 3 is 1.43 bits per heavy atom. The van der Waals surface area contributed by atoms with E-state index in [4.69, 9.17) is 24.0 Å². The van der Waals surface area contributed by atoms with Gasteiger partial charge in [-0.05, 0) is 163 Å². The molecule has 9 aliphatic heterocycles. The van der Waals surface area contributed by atoms with Crippen LogP contribution in [-0.4, -0.2) is 237 Å². The number of piperazine rings is 3. The molecule has 0 unspecified atom stereocenters. The number of allylic oxidation sites excluding steroid dienone is 3. The van der Waals surface area contributed by atoms with E-state index in [1.807, 2.05) is 115 Å². The van der Waals surface area contributed by atoms with Crippen LogP contribution in [0.4, 0.5) is 9.59 Å². The van der Waals surface area contributed by atoms with Crippen molar-refractivity contribution in [2.75, 3.05) is 60.0 Å². The molecule has 10 heterocycles. The molecule has 6 fully saturated rings. The Labute approximate surface area is 807 Å². The van der Waals surface area contributed by atoms with Crippen molar-refractivity contribution in [3.8, 4) is 22.4 Å². The number of benzene rings is 5. The highest BCUT2D eigenvalue weighted by Gasteiger charge is 2.52. The molecular weight excluding hydrogens is 1850 g/mol. The molecule has 6 atom stereocenters. The van der Waals surface area contributed by atoms with Crippen LogP contribution in [0.5, 0.6) is 0 Å². The molecule has 718 valence electrons. The quantitative estimate of drug-likeness (QED) is 0.0217. The maximum atomic E-state index is 13.5. The third-order valence-electron chi connectivity index (χ3n) is 25.4. The zero-order valence-corrected chi connectivity index (χ0v) is 83.1. The Bertz CT molecular complexity index is 5520. The minimum atomic E-state index is -0.745. The van der Waals surface area contributed by atoms with E-state index >= 15 is 0 Å². The van der Waals surface area contributed by atoms with Gasteiger partial charge in [0, 0.05) is 102 Å². The number of nitrogens with two attached hydrogens (primary N) is 1. The molecule has 0 aliphatic carbocycles. The number of hydrogen-bond donors (Lipinski definition) is 6. The molecule has 10 amide bonds. The first-order valence-corrected chi connectivity index (χ1v) is 47.7. The summed E-state index contributed by atoms with van der Waals surface area (Å²) >= 11 is 6.73. The van der Waals surface area contributed by atoms with E-state index in [1.54, 1.807) is 40.3 Å². The average molecular weight is 1980 g/mol. The first-order chi connectivity index (χ1) is 64.1. The van der Waals surface area contributed by atoms with E-state index in [0.29, 0.717) is 49.7 Å². The molecule has 9 aliphatic rings. The normalized spacial score (nSPS) is 20.2. The number of aromatic nitrogens is 2. The van der Waals surface area contributed by atoms with Gasteiger partial charge in [-0.2, -0.15) is 0 Å². The zero-order chi connectivity index (χ0) is 98.0. The number of amides is 10. The summed E-state index contributed by atoms with van der Waals surface area (Å²) in [6, 6.07) is 37.9. The number of imidazole rings is 1. The van der Waals surface area contributed by atoms with Crippen LogP contribution < -0.4 is 32.5 Å². The summed E-state index contributed by atoms with van der Waals surface area (Å²) in [5, 5.41) is 10.9. The van der Waals surface area contributed by atoms with Crippen LogP contribution in [0, 0.1) is 29.6 Å². The number of ketones is 2. The summed E-state index contributed by atoms with van der Waals surface area (Å²) in [5.41, 5.74) is 19.1. The van der Waals surface area contributed by atoms with Gasteiger partial charge < -0.3 is 75.3 Å². The number of likely N-dealkylation sites (tertiary alicyclic amines) is 2. The zero-order valence-electron chi connectivity index (χ0n) is 79.9. The van der Waals surface area contributed by atoms with Gasteiger partial charge in [0.05, 0.1) is 69.0 Å². The van der Waals surface area contributed by atoms with Gasteiger partial charge in [-0.15, -0.1) is 0 Å². The number of primary amides is 1. The number of alkyl carbamates (subject to hydrolysis) is 1. The van der Waals surface area contributed by atoms with E-state index in [1.165, 1.54) is 24.7 Å². The van der Waals surface area contributed by atoms with Gasteiger partial charge in [0.15, 0.2) is 11.6 Å². The van der Waals surface area contributed by atoms with Crippen molar-refractivity contribution in [1.29, 1.82) is 0 Å². The van der Waals surface area contributed by atoms with Gasteiger partial charge >= 0.3 is 19.3 Å². The number of halogens is 2. The highest BCUT2D eigenvalue weighted by Crippen LogP contribution is 2.39. The molecule has 15 rings (SSSR count). The van der Waals surface area contributed by atoms with Crippen LogP contribution in [0.2, 0.25) is 0 Å². The number of carbonyl (C=O) groups excluding carboxylic acids is 12. The lowest BCUT2D eigenvalue weighted by atomic mass is 9.78. The number of Topliss-reactive ketones (excluding diaryl/α,β-unsaturated/α-hetero) is 2. The molecular formula is C101H126BBr2N15O16. The highest BCUT2D eigenvalue weighted by atomic mass is 79.9. The van der Waals surface area contributed by atoms with Gasteiger partial charge in [0.25, 0.3) is 0 Å². The Balaban J connectivity index is 0.000000178. The molecule has 0 radical (unpaired) electrons. The van der Waals surface area contributed by atoms with E-state index < -0.39 is 36.4 Å². The molecule has 1 aromatic heterocycles. The van der Waals surface area contributed by atoms with Crippen molar-refractivity contribution in [1.82, 2.24) is 55.7 Å². The lowest BCUT2D eigenvalue weighted by molar-refractivity contribution is -0.147. The van der Waals surface area contributed by atoms with Crippen LogP contribution in [0.15, 0.2) is 170 Å². The fraction of sp³-hybridized carbons (Fsp3) is 0.465. The Kier molecular flexibility index (Phi) is 35.8. The van der Waals surface area contributed by atoms with E-state index in [-0.39, 0.29) is 158 Å². The van der Waals surface area contributed by atoms with E-state index in [2.05, 4.69) is 186 Å². The van der Waals surface area contributed by atoms with Gasteiger partial charge in [0.2, 0.25) is 47.3 Å². The van der Waals surface area contributed by atoms with Crippen LogP contribution in [0.3, 0.4) is 0 Å². The largest absolute Gasteiger partial charge is 0.494 e. The Hall–Kier alpha value is -11.9. The minimum Gasteiger partial charge on any atom is -0.453 e. The van der Waals surface area contributed by atoms with Crippen molar-refractivity contribution in [3.63, 3.8) is 0 Å². The summed E-state index contributed by atoms with van der Waals surface area (Å²) in [4.78, 5) is 175. The van der Waals surface area contributed by atoms with Crippen molar-refractivity contribution in [3.05, 3.63) is 183 Å². The second kappa shape index (κ2) is 46.6. The predicted octanol–water partition coefficient (Wildman–Crippen LogP) is 13.3. The van der Waals surface area contributed by atoms with Crippen LogP contribution in [0.1, 0.15) is 194 Å². The SMILES string of the molecule is CC(C)CC(=O)N1CCC[C@H]1C1=NC=C(c2ccc(B3OC(C)(C)C(C)(C)O3)cc2)C1.CC(C)[C@@H]1NC(=O)CN(CC(=O)CCC(=O)c2ccc(Br)cc2)C1=O.CC(C)[C@@H]1NC(=O)CN(CC2=NC=C(c3ccc(Br)cc3)C2)C1=O.COC(=O)N[C@H](C(=O)N1CCC[C@H]1C1=NC=C(c2ccc(-c3ccc(-c4cnc(CN5CC(=O)N[C@@H](C(C)C)C5=O)[nH]4)cc3)cc2)C1)C(C)C.COC(N)=O. The number of ether oxygens (including phenoxy) is 2. The van der Waals surface area contributed by atoms with Crippen molar-refractivity contribution >= 4 is 149 Å². The van der Waals surface area contributed by atoms with Crippen molar-refractivity contribution in [2.45, 2.75) is 215 Å². The summed E-state index contributed by atoms with van der Waals surface area (Å²) in [6.45, 7) is 29.7. The second-order valence-corrected chi connectivity index (χ2v) is 39.7. The molecule has 0 bridgehead atoms. The lowest BCUT2D eigenvalue weighted by Crippen LogP contribution is -2.60. The fourth-order valence-corrected chi connectivity index (χ4v) is 17.5. The standard InChI is InChI=1S/C38H45N7O5.C25H35BN2O3.C18H20BrN3O2.C18H21BrN2O4.C2H5NO2/c1-22(2)34-36(47)44(21-33(46)42-34)20-32-40-19-30(41-32)27-14-12-25(13-15-27)24-8-10-26(11-9-24)28-17-29(39-18-28)31-7-6-16-45(31)37(48)35(23(3)4)43-38(49)50-5;1-17(2)14-23(29)28-13-7-8-22(28)21-15-19(16-27-21)18-9-11-20(12-10-18)26-30-24(3,4)25(5,6)31-26;1-11(2)17-18(24)22(10-16(23)21-17)9-15-7-13(8-20-15)12-3-5-14(19)6-4-12;1-11(2)17-18(25)21(10-16(24)20-17)9-14(22)7-8-15(23)12-3-5-13(19)6-4-12;1-5-2(3)4/h8-15,18-19,22-23,31,34-35H,6-7,16-17,20-21H2,1-5H3,(H,40,41)(H,42,46)(H,43,49);9-12,16-17,22H,7-8,13-15H2,1-6H3;3-6,8,11,17H,7,9-10H2,1-2H3,(H,21,23);3-6,11,17H,7-10H2,1-2H3,(H,20,24);1H3,(H2,3,4)/t31-,34-,35-;22-;2*17-;/m0000./s1. The third-order valence-corrected chi connectivity index (χ3v) is 26.4. The Morgan fingerprint density at radius 1 is 0.533 bits per heavy atom. The first kappa shape index (κ1) is 104. The van der Waals surface area contributed by atoms with Crippen LogP contribution >= 0.6 is 31.9 Å². The van der Waals surface area contributed by atoms with Gasteiger partial charge in [-0.1, -0.05) is 198 Å². The number of carbonyl (C=O) groups is 12. The smallest absolute Gasteiger partial charge is 0.453 e. The average Bonchev–Trinajstić information content (AvgIpc) is 1.62. The van der Waals surface area contributed by atoms with Crippen LogP contribution in [-0.2, 0) is 68.5 Å². The number of aliphatic imine (C=N–C) groups is 3. The number of rotatable bonds is 26. The number of aromatic amines is 1. The van der Waals surface area contributed by atoms with Crippen molar-refractivity contribution in [2.24, 2.45) is 50.3 Å². The van der Waals surface area contributed by atoms with E-state index in [9.17, 15) is 57.5 Å². The molecule has 135 heavy (non-hydrogen) atoms. The summed E-state index contributed by atoms with van der Waals surface area (Å²) < 4.78 is 22.9. The topological polar surface area (TPSA) is 398 Å². The van der Waals surface area contributed by atoms with Crippen LogP contribution in [0.25, 0.3) is 39.1 Å². The van der Waals surface area contributed by atoms with Gasteiger partial charge in [-0.3, -0.25) is 62.9 Å². The number of H-pyrrole nitrogens is 1. The molecule has 6 aromatic rings. The van der Waals surface area contributed by atoms with Crippen molar-refractivity contribution < 1.29 is 76.3 Å². The lowest BCUT2D eigenvalue weighted by Gasteiger charge is -2.34. The maximum absolute atomic E-state index is 13.5. The molecule has 31 nitrogen and oxygen atoms in total. The number of hydrogen-bond acceptors (Lipinski definition) is 20. The number of methoxy groups -OCH3 is 2. The number of nitrogens with one attached hydrogen (secondary N) is 5. The summed E-state index contributed by atoms with van der Waals surface area (Å²) in [7, 11) is 2.18. The molecule has 7 N–H and O–H groups in total. The highest BCUT2D eigenvalue weighted by molar-refractivity contribution is 9.10. The van der Waals surface area contributed by atoms with Gasteiger partial charge in [-0.25, -0.2) is 14.6 Å². The summed E-state index contributed by atoms with van der Waals surface area (Å²) in [5.74, 6) is -0.115. The molecule has 34 heteroatoms. The Morgan fingerprint density at radius 2 is 0.956 bits per heavy atom. The molecule has 0 saturated carbocycles. The fourth-order valence-electron chi connectivity index (χ4n) is 17.0. The second-order valence-electron chi connectivity index (χ2n) is 37.9.